The van der Waals surface area contributed by atoms with Crippen LogP contribution in [0.4, 0.5) is 4.79 Å². The van der Waals surface area contributed by atoms with E-state index in [9.17, 15) is 9.59 Å². The summed E-state index contributed by atoms with van der Waals surface area (Å²) in [6, 6.07) is 0.0426. The third-order valence-corrected chi connectivity index (χ3v) is 7.67. The number of carbonyl (C=O) groups excluding carboxylic acids is 2. The summed E-state index contributed by atoms with van der Waals surface area (Å²) >= 11 is 1.46. The lowest BCUT2D eigenvalue weighted by Crippen LogP contribution is -2.61. The van der Waals surface area contributed by atoms with Gasteiger partial charge >= 0.3 is 6.03 Å². The van der Waals surface area contributed by atoms with E-state index in [-0.39, 0.29) is 17.5 Å². The van der Waals surface area contributed by atoms with Crippen LogP contribution in [0.1, 0.15) is 80.7 Å². The van der Waals surface area contributed by atoms with Crippen LogP contribution >= 0.6 is 11.3 Å². The number of nitrogens with zero attached hydrogens (tertiary/aromatic N) is 2. The summed E-state index contributed by atoms with van der Waals surface area (Å²) in [4.78, 5) is 31.7. The van der Waals surface area contributed by atoms with Crippen LogP contribution in [0.2, 0.25) is 0 Å². The van der Waals surface area contributed by atoms with E-state index in [1.807, 2.05) is 11.8 Å². The fourth-order valence-electron chi connectivity index (χ4n) is 6.07. The monoisotopic (exact) mass is 418 g/mol. The van der Waals surface area contributed by atoms with Gasteiger partial charge < -0.3 is 15.5 Å². The molecule has 4 bridgehead atoms. The summed E-state index contributed by atoms with van der Waals surface area (Å²) in [6.07, 6.45) is 9.39. The number of hydrogen-bond donors (Lipinski definition) is 2. The largest absolute Gasteiger partial charge is 0.351 e. The Bertz CT molecular complexity index is 712. The lowest BCUT2D eigenvalue weighted by molar-refractivity contribution is -0.0158. The van der Waals surface area contributed by atoms with Crippen molar-refractivity contribution >= 4 is 23.3 Å². The van der Waals surface area contributed by atoms with Crippen LogP contribution in [0.25, 0.3) is 0 Å². The van der Waals surface area contributed by atoms with Gasteiger partial charge in [-0.2, -0.15) is 0 Å². The van der Waals surface area contributed by atoms with Gasteiger partial charge in [-0.1, -0.05) is 13.8 Å². The Hall–Kier alpha value is -1.63. The molecule has 1 aromatic heterocycles. The molecule has 0 unspecified atom stereocenters. The van der Waals surface area contributed by atoms with Crippen molar-refractivity contribution in [2.75, 3.05) is 13.1 Å². The highest BCUT2D eigenvalue weighted by Gasteiger charge is 2.51. The first-order valence-corrected chi connectivity index (χ1v) is 12.2. The molecule has 0 saturated heterocycles. The van der Waals surface area contributed by atoms with Gasteiger partial charge in [0, 0.05) is 24.0 Å². The molecule has 4 fully saturated rings. The Balaban J connectivity index is 1.39. The summed E-state index contributed by atoms with van der Waals surface area (Å²) < 4.78 is 0. The highest BCUT2D eigenvalue weighted by Crippen LogP contribution is 2.55. The minimum atomic E-state index is -0.130. The Kier molecular flexibility index (Phi) is 6.13. The first-order valence-electron chi connectivity index (χ1n) is 11.3. The molecule has 4 aliphatic rings. The average molecular weight is 419 g/mol. The van der Waals surface area contributed by atoms with Crippen LogP contribution in [0, 0.1) is 17.8 Å². The van der Waals surface area contributed by atoms with Gasteiger partial charge in [-0.25, -0.2) is 9.78 Å². The molecule has 0 spiro atoms. The van der Waals surface area contributed by atoms with Crippen LogP contribution in [0.5, 0.6) is 0 Å². The second kappa shape index (κ2) is 8.62. The maximum Gasteiger partial charge on any atom is 0.318 e. The van der Waals surface area contributed by atoms with Gasteiger partial charge in [-0.3, -0.25) is 4.79 Å². The van der Waals surface area contributed by atoms with E-state index in [1.165, 1.54) is 30.6 Å². The fraction of sp³-hybridized carbons (Fsp3) is 0.773. The number of aromatic nitrogens is 1. The van der Waals surface area contributed by atoms with Gasteiger partial charge in [-0.15, -0.1) is 11.3 Å². The van der Waals surface area contributed by atoms with E-state index < -0.39 is 0 Å². The molecule has 7 heteroatoms. The van der Waals surface area contributed by atoms with E-state index in [1.54, 1.807) is 5.38 Å². The van der Waals surface area contributed by atoms with E-state index in [0.29, 0.717) is 25.3 Å². The quantitative estimate of drug-likeness (QED) is 0.665. The molecule has 2 N–H and O–H groups in total. The molecular weight excluding hydrogens is 384 g/mol. The number of urea groups is 1. The standard InChI is InChI=1S/C22H34N4O2S/c1-3-5-23-20(27)18-14-29-19(24-18)13-26(6-4-2)21(28)25-22-10-15-7-16(11-22)9-17(8-15)12-22/h14-17H,3-13H2,1-2H3,(H,23,27)(H,25,28). The van der Waals surface area contributed by atoms with Crippen molar-refractivity contribution in [3.63, 3.8) is 0 Å². The molecule has 0 aromatic carbocycles. The van der Waals surface area contributed by atoms with Crippen molar-refractivity contribution in [3.05, 3.63) is 16.1 Å². The molecule has 6 nitrogen and oxygen atoms in total. The minimum Gasteiger partial charge on any atom is -0.351 e. The Morgan fingerprint density at radius 1 is 1.14 bits per heavy atom. The minimum absolute atomic E-state index is 0.0197. The molecule has 5 rings (SSSR count). The molecule has 1 heterocycles. The number of carbonyl (C=O) groups is 2. The maximum atomic E-state index is 13.2. The maximum absolute atomic E-state index is 13.2. The van der Waals surface area contributed by atoms with Gasteiger partial charge in [0.1, 0.15) is 10.7 Å². The number of hydrogen-bond acceptors (Lipinski definition) is 4. The molecule has 3 amide bonds. The van der Waals surface area contributed by atoms with Crippen molar-refractivity contribution in [2.24, 2.45) is 17.8 Å². The van der Waals surface area contributed by atoms with Crippen molar-refractivity contribution in [3.8, 4) is 0 Å². The van der Waals surface area contributed by atoms with Gasteiger partial charge in [0.2, 0.25) is 0 Å². The lowest BCUT2D eigenvalue weighted by atomic mass is 9.53. The van der Waals surface area contributed by atoms with Crippen LogP contribution in [-0.4, -0.2) is 40.5 Å². The molecule has 160 valence electrons. The molecule has 0 radical (unpaired) electrons. The van der Waals surface area contributed by atoms with Crippen LogP contribution in [0.3, 0.4) is 0 Å². The Morgan fingerprint density at radius 3 is 2.38 bits per heavy atom. The number of rotatable bonds is 8. The lowest BCUT2D eigenvalue weighted by Gasteiger charge is -2.57. The van der Waals surface area contributed by atoms with Gasteiger partial charge in [0.15, 0.2) is 0 Å². The zero-order chi connectivity index (χ0) is 20.4. The third kappa shape index (κ3) is 4.60. The highest BCUT2D eigenvalue weighted by molar-refractivity contribution is 7.09. The first-order chi connectivity index (χ1) is 14.0. The summed E-state index contributed by atoms with van der Waals surface area (Å²) in [5.41, 5.74) is 0.475. The number of thiazole rings is 1. The van der Waals surface area contributed by atoms with Crippen molar-refractivity contribution in [2.45, 2.75) is 77.3 Å². The second-order valence-corrected chi connectivity index (χ2v) is 10.4. The van der Waals surface area contributed by atoms with Crippen LogP contribution in [0.15, 0.2) is 5.38 Å². The van der Waals surface area contributed by atoms with E-state index in [4.69, 9.17) is 0 Å². The smallest absolute Gasteiger partial charge is 0.318 e. The first kappa shape index (κ1) is 20.6. The molecule has 0 aliphatic heterocycles. The summed E-state index contributed by atoms with van der Waals surface area (Å²) in [5.74, 6) is 2.30. The molecular formula is C22H34N4O2S. The predicted molar refractivity (Wildman–Crippen MR) is 115 cm³/mol. The van der Waals surface area contributed by atoms with Gasteiger partial charge in [-0.05, 0) is 69.1 Å². The highest BCUT2D eigenvalue weighted by atomic mass is 32.1. The van der Waals surface area contributed by atoms with Crippen molar-refractivity contribution in [1.29, 1.82) is 0 Å². The molecule has 1 aromatic rings. The Morgan fingerprint density at radius 2 is 1.79 bits per heavy atom. The van der Waals surface area contributed by atoms with E-state index >= 15 is 0 Å². The normalized spacial score (nSPS) is 29.7. The average Bonchev–Trinajstić information content (AvgIpc) is 3.13. The van der Waals surface area contributed by atoms with Crippen LogP contribution in [-0.2, 0) is 6.54 Å². The third-order valence-electron chi connectivity index (χ3n) is 6.84. The van der Waals surface area contributed by atoms with Gasteiger partial charge in [0.25, 0.3) is 5.91 Å². The predicted octanol–water partition coefficient (Wildman–Crippen LogP) is 4.17. The molecule has 29 heavy (non-hydrogen) atoms. The zero-order valence-electron chi connectivity index (χ0n) is 17.7. The summed E-state index contributed by atoms with van der Waals surface area (Å²) in [5, 5.41) is 8.95. The fourth-order valence-corrected chi connectivity index (χ4v) is 6.86. The molecule has 0 atom stereocenters. The summed E-state index contributed by atoms with van der Waals surface area (Å²) in [6.45, 7) is 5.95. The SMILES string of the molecule is CCCNC(=O)c1csc(CN(CCC)C(=O)NC23CC4CC(CC(C4)C2)C3)n1. The second-order valence-electron chi connectivity index (χ2n) is 9.43. The Labute approximate surface area is 177 Å². The van der Waals surface area contributed by atoms with E-state index in [2.05, 4.69) is 22.5 Å². The van der Waals surface area contributed by atoms with Crippen molar-refractivity contribution < 1.29 is 9.59 Å². The molecule has 4 saturated carbocycles. The number of nitrogens with one attached hydrogen (secondary N) is 2. The molecule has 4 aliphatic carbocycles. The zero-order valence-corrected chi connectivity index (χ0v) is 18.5. The number of amides is 3. The topological polar surface area (TPSA) is 74.3 Å². The van der Waals surface area contributed by atoms with Gasteiger partial charge in [0.05, 0.1) is 6.54 Å². The van der Waals surface area contributed by atoms with E-state index in [0.717, 1.165) is 54.9 Å². The van der Waals surface area contributed by atoms with Crippen molar-refractivity contribution in [1.82, 2.24) is 20.5 Å². The van der Waals surface area contributed by atoms with Crippen LogP contribution < -0.4 is 10.6 Å². The summed E-state index contributed by atoms with van der Waals surface area (Å²) in [7, 11) is 0.